The van der Waals surface area contributed by atoms with Gasteiger partial charge in [0.1, 0.15) is 11.9 Å². The summed E-state index contributed by atoms with van der Waals surface area (Å²) in [4.78, 5) is 41.8. The fraction of sp³-hybridized carbons (Fsp3) is 0.611. The third kappa shape index (κ3) is 4.58. The van der Waals surface area contributed by atoms with E-state index in [1.807, 2.05) is 0 Å². The molecule has 0 aromatic heterocycles. The maximum absolute atomic E-state index is 13.0. The normalized spacial score (nSPS) is 22.9. The molecule has 2 heterocycles. The van der Waals surface area contributed by atoms with Gasteiger partial charge < -0.3 is 20.1 Å². The molecule has 9 heteroatoms. The zero-order chi connectivity index (χ0) is 19.4. The van der Waals surface area contributed by atoms with Crippen LogP contribution in [0.15, 0.2) is 23.7 Å². The Hall–Kier alpha value is -2.58. The van der Waals surface area contributed by atoms with Crippen LogP contribution in [0.4, 0.5) is 9.18 Å². The lowest BCUT2D eigenvalue weighted by atomic mass is 10.1. The van der Waals surface area contributed by atoms with E-state index in [1.165, 1.54) is 13.0 Å². The van der Waals surface area contributed by atoms with Crippen LogP contribution in [0, 0.1) is 0 Å². The number of piperazine rings is 1. The van der Waals surface area contributed by atoms with Crippen molar-refractivity contribution < 1.29 is 18.8 Å². The summed E-state index contributed by atoms with van der Waals surface area (Å²) in [5.74, 6) is -0.429. The molecule has 27 heavy (non-hydrogen) atoms. The minimum absolute atomic E-state index is 0.0124. The van der Waals surface area contributed by atoms with E-state index in [0.717, 1.165) is 12.1 Å². The summed E-state index contributed by atoms with van der Waals surface area (Å²) in [7, 11) is 0. The number of amides is 4. The maximum atomic E-state index is 13.0. The first kappa shape index (κ1) is 19.2. The molecule has 2 saturated heterocycles. The number of urea groups is 1. The van der Waals surface area contributed by atoms with Crippen LogP contribution in [-0.2, 0) is 9.59 Å². The highest BCUT2D eigenvalue weighted by molar-refractivity contribution is 5.87. The SMILES string of the molecule is CC(=O)N1CCN(C(=O)N2CCCC2C(=O)NNC2=CC=C(F)CC2)CC1. The lowest BCUT2D eigenvalue weighted by Gasteiger charge is -2.37. The van der Waals surface area contributed by atoms with E-state index in [-0.39, 0.29) is 23.7 Å². The van der Waals surface area contributed by atoms with Gasteiger partial charge in [0.25, 0.3) is 5.91 Å². The van der Waals surface area contributed by atoms with Crippen LogP contribution in [0.2, 0.25) is 0 Å². The highest BCUT2D eigenvalue weighted by Gasteiger charge is 2.37. The number of hydrogen-bond acceptors (Lipinski definition) is 4. The Morgan fingerprint density at radius 1 is 1.04 bits per heavy atom. The number of nitrogens with zero attached hydrogens (tertiary/aromatic N) is 3. The van der Waals surface area contributed by atoms with Gasteiger partial charge in [-0.25, -0.2) is 9.18 Å². The third-order valence-electron chi connectivity index (χ3n) is 5.24. The Kier molecular flexibility index (Phi) is 5.98. The summed E-state index contributed by atoms with van der Waals surface area (Å²) in [6.07, 6.45) is 5.18. The Balaban J connectivity index is 1.52. The molecule has 1 aliphatic carbocycles. The van der Waals surface area contributed by atoms with Crippen molar-refractivity contribution in [3.05, 3.63) is 23.7 Å². The van der Waals surface area contributed by atoms with Gasteiger partial charge in [-0.1, -0.05) is 0 Å². The van der Waals surface area contributed by atoms with Gasteiger partial charge in [0, 0.05) is 51.8 Å². The van der Waals surface area contributed by atoms with Crippen molar-refractivity contribution in [1.82, 2.24) is 25.6 Å². The summed E-state index contributed by atoms with van der Waals surface area (Å²) in [6.45, 7) is 4.06. The van der Waals surface area contributed by atoms with Crippen molar-refractivity contribution in [3.63, 3.8) is 0 Å². The van der Waals surface area contributed by atoms with Crippen LogP contribution in [0.5, 0.6) is 0 Å². The molecule has 0 bridgehead atoms. The van der Waals surface area contributed by atoms with Crippen molar-refractivity contribution in [1.29, 1.82) is 0 Å². The first-order chi connectivity index (χ1) is 13.0. The summed E-state index contributed by atoms with van der Waals surface area (Å²) in [6, 6.07) is -0.676. The lowest BCUT2D eigenvalue weighted by molar-refractivity contribution is -0.130. The Morgan fingerprint density at radius 2 is 1.74 bits per heavy atom. The molecule has 148 valence electrons. The number of halogens is 1. The summed E-state index contributed by atoms with van der Waals surface area (Å²) in [5.41, 5.74) is 6.21. The van der Waals surface area contributed by atoms with Crippen molar-refractivity contribution in [3.8, 4) is 0 Å². The van der Waals surface area contributed by atoms with E-state index in [1.54, 1.807) is 20.8 Å². The molecule has 0 radical (unpaired) electrons. The van der Waals surface area contributed by atoms with Gasteiger partial charge in [0.15, 0.2) is 0 Å². The van der Waals surface area contributed by atoms with E-state index < -0.39 is 6.04 Å². The molecule has 0 spiro atoms. The highest BCUT2D eigenvalue weighted by Crippen LogP contribution is 2.21. The van der Waals surface area contributed by atoms with Crippen LogP contribution >= 0.6 is 0 Å². The number of hydrogen-bond donors (Lipinski definition) is 2. The van der Waals surface area contributed by atoms with Crippen LogP contribution in [-0.4, -0.2) is 71.3 Å². The van der Waals surface area contributed by atoms with Crippen molar-refractivity contribution >= 4 is 17.8 Å². The van der Waals surface area contributed by atoms with Gasteiger partial charge in [0.05, 0.1) is 0 Å². The van der Waals surface area contributed by atoms with E-state index in [2.05, 4.69) is 10.9 Å². The second-order valence-corrected chi connectivity index (χ2v) is 7.05. The third-order valence-corrected chi connectivity index (χ3v) is 5.24. The average Bonchev–Trinajstić information content (AvgIpc) is 3.16. The second kappa shape index (κ2) is 8.41. The van der Waals surface area contributed by atoms with Crippen molar-refractivity contribution in [2.45, 2.75) is 38.6 Å². The van der Waals surface area contributed by atoms with Gasteiger partial charge in [-0.2, -0.15) is 0 Å². The molecule has 3 rings (SSSR count). The number of nitrogens with one attached hydrogen (secondary N) is 2. The number of carbonyl (C=O) groups is 3. The number of rotatable bonds is 3. The molecule has 4 amide bonds. The van der Waals surface area contributed by atoms with Gasteiger partial charge in [-0.05, 0) is 31.4 Å². The Labute approximate surface area is 158 Å². The topological polar surface area (TPSA) is 85.0 Å². The zero-order valence-electron chi connectivity index (χ0n) is 15.5. The Bertz CT molecular complexity index is 670. The largest absolute Gasteiger partial charge is 0.339 e. The van der Waals surface area contributed by atoms with E-state index in [0.29, 0.717) is 52.0 Å². The molecule has 1 unspecified atom stereocenters. The minimum Gasteiger partial charge on any atom is -0.339 e. The molecular formula is C18H26FN5O3. The molecule has 8 nitrogen and oxygen atoms in total. The molecule has 0 saturated carbocycles. The number of carbonyl (C=O) groups excluding carboxylic acids is 3. The summed E-state index contributed by atoms with van der Waals surface area (Å²) in [5, 5.41) is 0. The van der Waals surface area contributed by atoms with Gasteiger partial charge in [-0.15, -0.1) is 0 Å². The first-order valence-electron chi connectivity index (χ1n) is 9.38. The van der Waals surface area contributed by atoms with Crippen molar-refractivity contribution in [2.24, 2.45) is 0 Å². The molecule has 2 fully saturated rings. The molecule has 1 atom stereocenters. The number of likely N-dealkylation sites (tertiary alicyclic amines) is 1. The van der Waals surface area contributed by atoms with Gasteiger partial charge in [-0.3, -0.25) is 15.0 Å². The molecule has 2 aliphatic heterocycles. The van der Waals surface area contributed by atoms with Crippen LogP contribution < -0.4 is 10.9 Å². The highest BCUT2D eigenvalue weighted by atomic mass is 19.1. The molecule has 0 aromatic carbocycles. The van der Waals surface area contributed by atoms with E-state index in [4.69, 9.17) is 0 Å². The molecule has 2 N–H and O–H groups in total. The van der Waals surface area contributed by atoms with Crippen LogP contribution in [0.3, 0.4) is 0 Å². The fourth-order valence-corrected chi connectivity index (χ4v) is 3.60. The standard InChI is InChI=1S/C18H26FN5O3/c1-13(25)22-9-11-23(12-10-22)18(27)24-8-2-3-16(24)17(26)21-20-15-6-4-14(19)5-7-15/h4,6,16,20H,2-3,5,7-12H2,1H3,(H,21,26). The predicted octanol–water partition coefficient (Wildman–Crippen LogP) is 0.887. The Morgan fingerprint density at radius 3 is 2.37 bits per heavy atom. The number of hydrazine groups is 1. The quantitative estimate of drug-likeness (QED) is 0.713. The molecule has 3 aliphatic rings. The van der Waals surface area contributed by atoms with Gasteiger partial charge in [0.2, 0.25) is 5.91 Å². The second-order valence-electron chi connectivity index (χ2n) is 7.05. The lowest BCUT2D eigenvalue weighted by Crippen LogP contribution is -2.57. The smallest absolute Gasteiger partial charge is 0.320 e. The molecular weight excluding hydrogens is 353 g/mol. The van der Waals surface area contributed by atoms with Gasteiger partial charge >= 0.3 is 6.03 Å². The maximum Gasteiger partial charge on any atom is 0.320 e. The average molecular weight is 379 g/mol. The monoisotopic (exact) mass is 379 g/mol. The van der Waals surface area contributed by atoms with Crippen LogP contribution in [0.1, 0.15) is 32.6 Å². The van der Waals surface area contributed by atoms with E-state index >= 15 is 0 Å². The van der Waals surface area contributed by atoms with Crippen LogP contribution in [0.25, 0.3) is 0 Å². The fourth-order valence-electron chi connectivity index (χ4n) is 3.60. The van der Waals surface area contributed by atoms with E-state index in [9.17, 15) is 18.8 Å². The predicted molar refractivity (Wildman–Crippen MR) is 96.7 cm³/mol. The van der Waals surface area contributed by atoms with Crippen molar-refractivity contribution in [2.75, 3.05) is 32.7 Å². The summed E-state index contributed by atoms with van der Waals surface area (Å²) < 4.78 is 13.0. The number of allylic oxidation sites excluding steroid dienone is 4. The summed E-state index contributed by atoms with van der Waals surface area (Å²) >= 11 is 0. The zero-order valence-corrected chi connectivity index (χ0v) is 15.5. The minimum atomic E-state index is -0.521. The molecule has 0 aromatic rings. The first-order valence-corrected chi connectivity index (χ1v) is 9.38.